The molecule has 0 unspecified atom stereocenters. The fourth-order valence-corrected chi connectivity index (χ4v) is 4.57. The molecular weight excluding hydrogens is 590 g/mol. The van der Waals surface area contributed by atoms with E-state index in [1.165, 1.54) is 24.8 Å². The highest BCUT2D eigenvalue weighted by Crippen LogP contribution is 2.40. The third-order valence-electron chi connectivity index (χ3n) is 6.16. The SMILES string of the molecule is FC(F)(F)c1cc(Cn2nnc(-c3nncc4noc(-c5ccccc5Cl)c34)c2-c2cnccn2)cc(C(F)(F)F)c1. The maximum Gasteiger partial charge on any atom is 0.416 e. The summed E-state index contributed by atoms with van der Waals surface area (Å²) in [6, 6.07) is 8.08. The largest absolute Gasteiger partial charge is 0.416 e. The molecule has 6 rings (SSSR count). The van der Waals surface area contributed by atoms with E-state index in [4.69, 9.17) is 16.1 Å². The summed E-state index contributed by atoms with van der Waals surface area (Å²) in [6.07, 6.45) is -4.63. The highest BCUT2D eigenvalue weighted by molar-refractivity contribution is 6.33. The quantitative estimate of drug-likeness (QED) is 0.200. The number of hydrogen-bond donors (Lipinski definition) is 0. The number of alkyl halides is 6. The Morgan fingerprint density at radius 1 is 0.857 bits per heavy atom. The minimum absolute atomic E-state index is 0.0492. The summed E-state index contributed by atoms with van der Waals surface area (Å²) in [7, 11) is 0. The topological polar surface area (TPSA) is 108 Å². The number of aromatic nitrogens is 8. The van der Waals surface area contributed by atoms with E-state index in [9.17, 15) is 26.3 Å². The molecule has 0 amide bonds. The van der Waals surface area contributed by atoms with Gasteiger partial charge in [-0.05, 0) is 35.9 Å². The molecular formula is C26H13ClF6N8O. The Bertz CT molecular complexity index is 1890. The lowest BCUT2D eigenvalue weighted by Gasteiger charge is -2.15. The van der Waals surface area contributed by atoms with Crippen LogP contribution in [-0.2, 0) is 18.9 Å². The van der Waals surface area contributed by atoms with Crippen molar-refractivity contribution >= 4 is 22.5 Å². The second-order valence-corrected chi connectivity index (χ2v) is 9.30. The summed E-state index contributed by atoms with van der Waals surface area (Å²) in [5.41, 5.74) is -2.07. The Hall–Kier alpha value is -4.92. The van der Waals surface area contributed by atoms with Crippen LogP contribution in [0.2, 0.25) is 5.02 Å². The van der Waals surface area contributed by atoms with Crippen molar-refractivity contribution in [1.29, 1.82) is 0 Å². The zero-order valence-corrected chi connectivity index (χ0v) is 21.4. The number of nitrogens with zero attached hydrogens (tertiary/aromatic N) is 8. The lowest BCUT2D eigenvalue weighted by atomic mass is 10.0. The summed E-state index contributed by atoms with van der Waals surface area (Å²) in [6.45, 7) is -0.531. The van der Waals surface area contributed by atoms with Crippen molar-refractivity contribution in [3.63, 3.8) is 0 Å². The average Bonchev–Trinajstić information content (AvgIpc) is 3.57. The fraction of sp³-hybridized carbons (Fsp3) is 0.115. The molecule has 4 heterocycles. The standard InChI is InChI=1S/C26H13ClF6N8O/c27-17-4-2-1-3-16(17)24-20-18(39-42-24)11-36-37-21(20)22-23(19-10-34-5-6-35-19)41(40-38-22)12-13-7-14(25(28,29)30)9-15(8-13)26(31,32)33/h1-11H,12H2. The third kappa shape index (κ3) is 5.02. The first-order valence-corrected chi connectivity index (χ1v) is 12.2. The number of fused-ring (bicyclic) bond motifs is 1. The van der Waals surface area contributed by atoms with E-state index in [-0.39, 0.29) is 45.7 Å². The van der Waals surface area contributed by atoms with E-state index in [0.29, 0.717) is 28.1 Å². The minimum atomic E-state index is -5.02. The van der Waals surface area contributed by atoms with Gasteiger partial charge in [-0.1, -0.05) is 34.1 Å². The van der Waals surface area contributed by atoms with Gasteiger partial charge in [0.15, 0.2) is 5.76 Å². The van der Waals surface area contributed by atoms with Crippen molar-refractivity contribution in [2.75, 3.05) is 0 Å². The molecule has 0 aliphatic rings. The third-order valence-corrected chi connectivity index (χ3v) is 6.49. The number of halogens is 7. The average molecular weight is 603 g/mol. The minimum Gasteiger partial charge on any atom is -0.355 e. The van der Waals surface area contributed by atoms with Crippen molar-refractivity contribution in [2.24, 2.45) is 0 Å². The van der Waals surface area contributed by atoms with Crippen molar-refractivity contribution in [3.8, 4) is 34.1 Å². The van der Waals surface area contributed by atoms with Crippen molar-refractivity contribution in [1.82, 2.24) is 40.3 Å². The van der Waals surface area contributed by atoms with Crippen molar-refractivity contribution in [2.45, 2.75) is 18.9 Å². The molecule has 0 fully saturated rings. The van der Waals surface area contributed by atoms with Gasteiger partial charge in [-0.2, -0.15) is 31.4 Å². The summed E-state index contributed by atoms with van der Waals surface area (Å²) in [4.78, 5) is 8.29. The number of rotatable bonds is 5. The predicted octanol–water partition coefficient (Wildman–Crippen LogP) is 6.74. The van der Waals surface area contributed by atoms with Crippen molar-refractivity contribution < 1.29 is 30.9 Å². The van der Waals surface area contributed by atoms with Crippen molar-refractivity contribution in [3.05, 3.63) is 89.0 Å². The zero-order chi connectivity index (χ0) is 29.6. The van der Waals surface area contributed by atoms with Crippen LogP contribution in [0.25, 0.3) is 45.0 Å². The van der Waals surface area contributed by atoms with E-state index in [1.807, 2.05) is 0 Å². The monoisotopic (exact) mass is 602 g/mol. The van der Waals surface area contributed by atoms with Gasteiger partial charge in [0.25, 0.3) is 0 Å². The summed E-state index contributed by atoms with van der Waals surface area (Å²) in [5.74, 6) is 0.229. The van der Waals surface area contributed by atoms with Gasteiger partial charge in [0.05, 0.1) is 40.5 Å². The highest BCUT2D eigenvalue weighted by atomic mass is 35.5. The van der Waals surface area contributed by atoms with E-state index < -0.39 is 30.0 Å². The first kappa shape index (κ1) is 27.3. The van der Waals surface area contributed by atoms with E-state index in [2.05, 4.69) is 35.6 Å². The molecule has 42 heavy (non-hydrogen) atoms. The van der Waals surface area contributed by atoms with Crippen LogP contribution in [0.3, 0.4) is 0 Å². The molecule has 0 radical (unpaired) electrons. The second kappa shape index (κ2) is 10.2. The fourth-order valence-electron chi connectivity index (χ4n) is 4.35. The maximum absolute atomic E-state index is 13.5. The second-order valence-electron chi connectivity index (χ2n) is 8.89. The molecule has 4 aromatic heterocycles. The van der Waals surface area contributed by atoms with Gasteiger partial charge in [0, 0.05) is 18.0 Å². The highest BCUT2D eigenvalue weighted by Gasteiger charge is 2.37. The van der Waals surface area contributed by atoms with Crippen LogP contribution in [0.4, 0.5) is 26.3 Å². The Labute approximate surface area is 235 Å². The molecule has 0 saturated carbocycles. The Balaban J connectivity index is 1.55. The van der Waals surface area contributed by atoms with Gasteiger partial charge in [0.1, 0.15) is 28.3 Å². The Morgan fingerprint density at radius 3 is 2.26 bits per heavy atom. The first-order valence-electron chi connectivity index (χ1n) is 11.9. The predicted molar refractivity (Wildman–Crippen MR) is 136 cm³/mol. The van der Waals surface area contributed by atoms with Crippen LogP contribution in [0.1, 0.15) is 16.7 Å². The lowest BCUT2D eigenvalue weighted by Crippen LogP contribution is -2.13. The molecule has 0 N–H and O–H groups in total. The molecule has 0 saturated heterocycles. The normalized spacial score (nSPS) is 12.3. The van der Waals surface area contributed by atoms with Gasteiger partial charge in [-0.25, -0.2) is 4.68 Å². The lowest BCUT2D eigenvalue weighted by molar-refractivity contribution is -0.143. The van der Waals surface area contributed by atoms with Gasteiger partial charge in [-0.15, -0.1) is 10.2 Å². The maximum atomic E-state index is 13.5. The smallest absolute Gasteiger partial charge is 0.355 e. The van der Waals surface area contributed by atoms with E-state index in [1.54, 1.807) is 24.3 Å². The Kier molecular flexibility index (Phi) is 6.60. The van der Waals surface area contributed by atoms with Gasteiger partial charge < -0.3 is 4.52 Å². The van der Waals surface area contributed by atoms with E-state index >= 15 is 0 Å². The molecule has 0 aliphatic carbocycles. The molecule has 0 atom stereocenters. The van der Waals surface area contributed by atoms with E-state index in [0.717, 1.165) is 4.68 Å². The molecule has 0 aliphatic heterocycles. The van der Waals surface area contributed by atoms with Crippen LogP contribution in [0.5, 0.6) is 0 Å². The summed E-state index contributed by atoms with van der Waals surface area (Å²) < 4.78 is 87.7. The molecule has 6 aromatic rings. The summed E-state index contributed by atoms with van der Waals surface area (Å²) >= 11 is 6.39. The molecule has 0 spiro atoms. The van der Waals surface area contributed by atoms with Gasteiger partial charge in [0.2, 0.25) is 0 Å². The van der Waals surface area contributed by atoms with Gasteiger partial charge >= 0.3 is 12.4 Å². The van der Waals surface area contributed by atoms with Crippen LogP contribution in [-0.4, -0.2) is 40.3 Å². The molecule has 2 aromatic carbocycles. The summed E-state index contributed by atoms with van der Waals surface area (Å²) in [5, 5.41) is 21.1. The number of benzene rings is 2. The van der Waals surface area contributed by atoms with Gasteiger partial charge in [-0.3, -0.25) is 9.97 Å². The van der Waals surface area contributed by atoms with Crippen LogP contribution >= 0.6 is 11.6 Å². The molecule has 16 heteroatoms. The molecule has 9 nitrogen and oxygen atoms in total. The van der Waals surface area contributed by atoms with Crippen LogP contribution in [0.15, 0.2) is 71.8 Å². The zero-order valence-electron chi connectivity index (χ0n) is 20.7. The number of hydrogen-bond acceptors (Lipinski definition) is 8. The molecule has 212 valence electrons. The first-order chi connectivity index (χ1) is 20.0. The van der Waals surface area contributed by atoms with Crippen LogP contribution in [0, 0.1) is 0 Å². The Morgan fingerprint density at radius 2 is 1.60 bits per heavy atom. The molecule has 0 bridgehead atoms. The van der Waals surface area contributed by atoms with Crippen LogP contribution < -0.4 is 0 Å².